The highest BCUT2D eigenvalue weighted by atomic mass is 17.2. The second-order valence-electron chi connectivity index (χ2n) is 3.39. The summed E-state index contributed by atoms with van der Waals surface area (Å²) in [4.78, 5) is 9.25. The van der Waals surface area contributed by atoms with Crippen molar-refractivity contribution in [1.82, 2.24) is 0 Å². The van der Waals surface area contributed by atoms with Crippen LogP contribution < -0.4 is 0 Å². The van der Waals surface area contributed by atoms with Gasteiger partial charge < -0.3 is 25.2 Å². The number of ether oxygens (including phenoxy) is 1. The number of hydrogen-bond donors (Lipinski definition) is 4. The van der Waals surface area contributed by atoms with E-state index in [4.69, 9.17) is 4.74 Å². The van der Waals surface area contributed by atoms with Crippen LogP contribution in [0.3, 0.4) is 0 Å². The van der Waals surface area contributed by atoms with Crippen molar-refractivity contribution in [3.63, 3.8) is 0 Å². The first-order chi connectivity index (χ1) is 7.57. The molecule has 0 radical (unpaired) electrons. The van der Waals surface area contributed by atoms with E-state index < -0.39 is 30.7 Å². The topological polar surface area (TPSA) is 109 Å². The second kappa shape index (κ2) is 6.26. The molecule has 16 heavy (non-hydrogen) atoms. The van der Waals surface area contributed by atoms with Crippen LogP contribution in [0.4, 0.5) is 0 Å². The molecule has 0 aliphatic carbocycles. The van der Waals surface area contributed by atoms with E-state index in [1.165, 1.54) is 6.08 Å². The van der Waals surface area contributed by atoms with Gasteiger partial charge in [0.05, 0.1) is 0 Å². The van der Waals surface area contributed by atoms with Gasteiger partial charge in [-0.3, -0.25) is 0 Å². The average molecular weight is 236 g/mol. The maximum Gasteiger partial charge on any atom is 0.184 e. The molecule has 0 spiro atoms. The molecule has 0 aromatic carbocycles. The molecular formula is C9H16O7. The van der Waals surface area contributed by atoms with Gasteiger partial charge in [0.15, 0.2) is 6.29 Å². The highest BCUT2D eigenvalue weighted by molar-refractivity contribution is 4.88. The smallest absolute Gasteiger partial charge is 0.184 e. The molecule has 1 rings (SSSR count). The van der Waals surface area contributed by atoms with Crippen molar-refractivity contribution in [2.45, 2.75) is 30.7 Å². The molecule has 7 heteroatoms. The zero-order valence-corrected chi connectivity index (χ0v) is 8.60. The number of aliphatic hydroxyl groups excluding tert-OH is 4. The van der Waals surface area contributed by atoms with Crippen molar-refractivity contribution < 1.29 is 34.9 Å². The molecule has 7 nitrogen and oxygen atoms in total. The Hall–Kier alpha value is -0.540. The van der Waals surface area contributed by atoms with Crippen molar-refractivity contribution in [3.05, 3.63) is 12.7 Å². The summed E-state index contributed by atoms with van der Waals surface area (Å²) in [6.07, 6.45) is -5.46. The van der Waals surface area contributed by atoms with E-state index >= 15 is 0 Å². The van der Waals surface area contributed by atoms with E-state index in [2.05, 4.69) is 16.4 Å². The van der Waals surface area contributed by atoms with Crippen LogP contribution in [-0.2, 0) is 14.5 Å². The molecule has 1 aliphatic rings. The SMILES string of the molecule is C=CCOOCC1OC(O)C(O)C(O)C1O. The van der Waals surface area contributed by atoms with Gasteiger partial charge in [-0.15, -0.1) is 6.58 Å². The Balaban J connectivity index is 2.38. The quantitative estimate of drug-likeness (QED) is 0.188. The lowest BCUT2D eigenvalue weighted by molar-refractivity contribution is -0.339. The van der Waals surface area contributed by atoms with Crippen molar-refractivity contribution >= 4 is 0 Å². The molecule has 94 valence electrons. The summed E-state index contributed by atoms with van der Waals surface area (Å²) >= 11 is 0. The van der Waals surface area contributed by atoms with Gasteiger partial charge in [0.25, 0.3) is 0 Å². The summed E-state index contributed by atoms with van der Waals surface area (Å²) in [6, 6.07) is 0. The first-order valence-electron chi connectivity index (χ1n) is 4.81. The Morgan fingerprint density at radius 3 is 2.38 bits per heavy atom. The molecule has 0 aromatic rings. The molecule has 5 atom stereocenters. The summed E-state index contributed by atoms with van der Waals surface area (Å²) in [7, 11) is 0. The third-order valence-corrected chi connectivity index (χ3v) is 2.19. The molecule has 0 aromatic heterocycles. The van der Waals surface area contributed by atoms with Crippen molar-refractivity contribution in [2.75, 3.05) is 13.2 Å². The van der Waals surface area contributed by atoms with E-state index in [0.717, 1.165) is 0 Å². The van der Waals surface area contributed by atoms with Gasteiger partial charge in [0, 0.05) is 0 Å². The lowest BCUT2D eigenvalue weighted by Crippen LogP contribution is -2.58. The maximum absolute atomic E-state index is 9.48. The maximum atomic E-state index is 9.48. The zero-order valence-electron chi connectivity index (χ0n) is 8.60. The Morgan fingerprint density at radius 1 is 1.06 bits per heavy atom. The van der Waals surface area contributed by atoms with E-state index in [1.54, 1.807) is 0 Å². The average Bonchev–Trinajstić information content (AvgIpc) is 2.28. The molecule has 1 aliphatic heterocycles. The molecular weight excluding hydrogens is 220 g/mol. The van der Waals surface area contributed by atoms with Crippen LogP contribution >= 0.6 is 0 Å². The van der Waals surface area contributed by atoms with E-state index in [0.29, 0.717) is 0 Å². The molecule has 1 saturated heterocycles. The Kier molecular flexibility index (Phi) is 5.29. The number of hydrogen-bond acceptors (Lipinski definition) is 7. The van der Waals surface area contributed by atoms with Gasteiger partial charge in [-0.25, -0.2) is 9.78 Å². The van der Waals surface area contributed by atoms with Crippen molar-refractivity contribution in [2.24, 2.45) is 0 Å². The van der Waals surface area contributed by atoms with Gasteiger partial charge in [-0.05, 0) is 0 Å². The standard InChI is InChI=1S/C9H16O7/c1-2-3-14-15-4-5-6(10)7(11)8(12)9(13)16-5/h2,5-13H,1,3-4H2. The van der Waals surface area contributed by atoms with E-state index in [-0.39, 0.29) is 13.2 Å². The third kappa shape index (κ3) is 3.22. The minimum atomic E-state index is -1.56. The van der Waals surface area contributed by atoms with E-state index in [1.807, 2.05) is 0 Å². The fourth-order valence-corrected chi connectivity index (χ4v) is 1.28. The highest BCUT2D eigenvalue weighted by Crippen LogP contribution is 2.19. The van der Waals surface area contributed by atoms with Gasteiger partial charge in [0.2, 0.25) is 0 Å². The minimum absolute atomic E-state index is 0.163. The van der Waals surface area contributed by atoms with Crippen molar-refractivity contribution in [1.29, 1.82) is 0 Å². The molecule has 4 N–H and O–H groups in total. The lowest BCUT2D eigenvalue weighted by Gasteiger charge is -2.37. The zero-order chi connectivity index (χ0) is 12.1. The number of rotatable bonds is 5. The Morgan fingerprint density at radius 2 is 1.75 bits per heavy atom. The van der Waals surface area contributed by atoms with Crippen LogP contribution in [0.25, 0.3) is 0 Å². The summed E-state index contributed by atoms with van der Waals surface area (Å²) in [5.41, 5.74) is 0. The monoisotopic (exact) mass is 236 g/mol. The molecule has 0 amide bonds. The van der Waals surface area contributed by atoms with Crippen LogP contribution in [0.2, 0.25) is 0 Å². The first kappa shape index (κ1) is 13.5. The summed E-state index contributed by atoms with van der Waals surface area (Å²) in [6.45, 7) is 3.37. The summed E-state index contributed by atoms with van der Waals surface area (Å²) in [5, 5.41) is 37.2. The molecule has 1 fully saturated rings. The predicted molar refractivity (Wildman–Crippen MR) is 51.0 cm³/mol. The summed E-state index contributed by atoms with van der Waals surface area (Å²) in [5.74, 6) is 0. The van der Waals surface area contributed by atoms with E-state index in [9.17, 15) is 20.4 Å². The molecule has 0 saturated carbocycles. The van der Waals surface area contributed by atoms with Gasteiger partial charge in [-0.2, -0.15) is 0 Å². The van der Waals surface area contributed by atoms with Gasteiger partial charge in [-0.1, -0.05) is 6.08 Å². The Bertz CT molecular complexity index is 222. The van der Waals surface area contributed by atoms with Crippen LogP contribution in [0.5, 0.6) is 0 Å². The first-order valence-corrected chi connectivity index (χ1v) is 4.81. The normalized spacial score (nSPS) is 39.6. The van der Waals surface area contributed by atoms with Crippen molar-refractivity contribution in [3.8, 4) is 0 Å². The van der Waals surface area contributed by atoms with Gasteiger partial charge in [0.1, 0.15) is 37.6 Å². The predicted octanol–water partition coefficient (Wildman–Crippen LogP) is -2.08. The highest BCUT2D eigenvalue weighted by Gasteiger charge is 2.43. The fraction of sp³-hybridized carbons (Fsp3) is 0.778. The third-order valence-electron chi connectivity index (χ3n) is 2.19. The Labute approximate surface area is 92.4 Å². The second-order valence-corrected chi connectivity index (χ2v) is 3.39. The van der Waals surface area contributed by atoms with Crippen LogP contribution in [0.15, 0.2) is 12.7 Å². The van der Waals surface area contributed by atoms with Crippen LogP contribution in [0.1, 0.15) is 0 Å². The molecule has 1 heterocycles. The van der Waals surface area contributed by atoms with Gasteiger partial charge >= 0.3 is 0 Å². The minimum Gasteiger partial charge on any atom is -0.387 e. The largest absolute Gasteiger partial charge is 0.387 e. The molecule has 0 bridgehead atoms. The van der Waals surface area contributed by atoms with Crippen LogP contribution in [0, 0.1) is 0 Å². The molecule has 5 unspecified atom stereocenters. The fourth-order valence-electron chi connectivity index (χ4n) is 1.28. The number of aliphatic hydroxyl groups is 4. The lowest BCUT2D eigenvalue weighted by atomic mass is 9.99. The van der Waals surface area contributed by atoms with Crippen LogP contribution in [-0.4, -0.2) is 64.3 Å². The summed E-state index contributed by atoms with van der Waals surface area (Å²) < 4.78 is 4.83.